The Hall–Kier alpha value is -0.520. The molecular formula is C11H20. The number of rotatable bonds is 5. The Morgan fingerprint density at radius 2 is 1.64 bits per heavy atom. The summed E-state index contributed by atoms with van der Waals surface area (Å²) in [4.78, 5) is 0. The van der Waals surface area contributed by atoms with E-state index < -0.39 is 0 Å². The molecule has 0 amide bonds. The largest absolute Gasteiger partial charge is 0.0911 e. The molecule has 0 radical (unpaired) electrons. The Kier molecular flexibility index (Phi) is 7.23. The molecule has 64 valence electrons. The van der Waals surface area contributed by atoms with Gasteiger partial charge in [-0.1, -0.05) is 44.1 Å². The topological polar surface area (TPSA) is 0 Å². The smallest absolute Gasteiger partial charge is 0.00537 e. The monoisotopic (exact) mass is 152 g/mol. The SMILES string of the molecule is C/C=C/C(/C=C/C)CCCC. The summed E-state index contributed by atoms with van der Waals surface area (Å²) in [5, 5.41) is 0. The van der Waals surface area contributed by atoms with Gasteiger partial charge in [-0.2, -0.15) is 0 Å². The van der Waals surface area contributed by atoms with Crippen LogP contribution in [0.3, 0.4) is 0 Å². The van der Waals surface area contributed by atoms with Gasteiger partial charge >= 0.3 is 0 Å². The average molecular weight is 152 g/mol. The zero-order chi connectivity index (χ0) is 8.53. The first-order chi connectivity index (χ1) is 5.35. The fourth-order valence-electron chi connectivity index (χ4n) is 1.19. The van der Waals surface area contributed by atoms with Crippen molar-refractivity contribution < 1.29 is 0 Å². The van der Waals surface area contributed by atoms with Crippen molar-refractivity contribution in [2.75, 3.05) is 0 Å². The normalized spacial score (nSPS) is 12.4. The highest BCUT2D eigenvalue weighted by molar-refractivity contribution is 4.98. The van der Waals surface area contributed by atoms with E-state index in [4.69, 9.17) is 0 Å². The molecule has 0 N–H and O–H groups in total. The molecule has 0 saturated heterocycles. The second kappa shape index (κ2) is 7.59. The molecule has 0 aromatic rings. The van der Waals surface area contributed by atoms with Gasteiger partial charge in [-0.25, -0.2) is 0 Å². The van der Waals surface area contributed by atoms with Crippen molar-refractivity contribution in [3.63, 3.8) is 0 Å². The van der Waals surface area contributed by atoms with Crippen molar-refractivity contribution in [2.24, 2.45) is 5.92 Å². The molecule has 0 fully saturated rings. The lowest BCUT2D eigenvalue weighted by Gasteiger charge is -2.04. The van der Waals surface area contributed by atoms with Crippen molar-refractivity contribution >= 4 is 0 Å². The first-order valence-corrected chi connectivity index (χ1v) is 4.60. The molecule has 0 heteroatoms. The maximum atomic E-state index is 2.27. The van der Waals surface area contributed by atoms with Crippen LogP contribution in [0.15, 0.2) is 24.3 Å². The molecular weight excluding hydrogens is 132 g/mol. The Balaban J connectivity index is 3.69. The van der Waals surface area contributed by atoms with Gasteiger partial charge < -0.3 is 0 Å². The minimum atomic E-state index is 0.671. The van der Waals surface area contributed by atoms with E-state index in [1.807, 2.05) is 0 Å². The lowest BCUT2D eigenvalue weighted by Crippen LogP contribution is -1.90. The van der Waals surface area contributed by atoms with Gasteiger partial charge in [0.2, 0.25) is 0 Å². The van der Waals surface area contributed by atoms with E-state index in [-0.39, 0.29) is 0 Å². The van der Waals surface area contributed by atoms with E-state index in [9.17, 15) is 0 Å². The van der Waals surface area contributed by atoms with Crippen molar-refractivity contribution in [3.05, 3.63) is 24.3 Å². The summed E-state index contributed by atoms with van der Waals surface area (Å²) in [5.41, 5.74) is 0. The fraction of sp³-hybridized carbons (Fsp3) is 0.636. The average Bonchev–Trinajstić information content (AvgIpc) is 2.01. The summed E-state index contributed by atoms with van der Waals surface area (Å²) in [6.45, 7) is 6.41. The summed E-state index contributed by atoms with van der Waals surface area (Å²) in [6.07, 6.45) is 12.8. The molecule has 11 heavy (non-hydrogen) atoms. The maximum absolute atomic E-state index is 2.27. The Morgan fingerprint density at radius 1 is 1.09 bits per heavy atom. The van der Waals surface area contributed by atoms with Crippen LogP contribution < -0.4 is 0 Å². The quantitative estimate of drug-likeness (QED) is 0.523. The molecule has 0 aliphatic heterocycles. The molecule has 0 heterocycles. The third kappa shape index (κ3) is 5.90. The first-order valence-electron chi connectivity index (χ1n) is 4.60. The highest BCUT2D eigenvalue weighted by atomic mass is 14.0. The lowest BCUT2D eigenvalue weighted by atomic mass is 10.0. The van der Waals surface area contributed by atoms with E-state index in [1.54, 1.807) is 0 Å². The van der Waals surface area contributed by atoms with Crippen LogP contribution in [0.2, 0.25) is 0 Å². The fourth-order valence-corrected chi connectivity index (χ4v) is 1.19. The second-order valence-corrected chi connectivity index (χ2v) is 2.86. The van der Waals surface area contributed by atoms with Crippen LogP contribution in [-0.4, -0.2) is 0 Å². The van der Waals surface area contributed by atoms with Crippen LogP contribution >= 0.6 is 0 Å². The van der Waals surface area contributed by atoms with E-state index in [2.05, 4.69) is 45.1 Å². The third-order valence-electron chi connectivity index (χ3n) is 1.77. The third-order valence-corrected chi connectivity index (χ3v) is 1.77. The zero-order valence-corrected chi connectivity index (χ0v) is 8.01. The van der Waals surface area contributed by atoms with Gasteiger partial charge in [0.15, 0.2) is 0 Å². The van der Waals surface area contributed by atoms with Crippen molar-refractivity contribution in [1.82, 2.24) is 0 Å². The Morgan fingerprint density at radius 3 is 2.00 bits per heavy atom. The molecule has 0 saturated carbocycles. The van der Waals surface area contributed by atoms with Gasteiger partial charge in [-0.15, -0.1) is 0 Å². The molecule has 0 aromatic carbocycles. The number of hydrogen-bond acceptors (Lipinski definition) is 0. The van der Waals surface area contributed by atoms with Gasteiger partial charge in [0, 0.05) is 0 Å². The van der Waals surface area contributed by atoms with Gasteiger partial charge in [-0.3, -0.25) is 0 Å². The molecule has 0 nitrogen and oxygen atoms in total. The molecule has 0 bridgehead atoms. The number of unbranched alkanes of at least 4 members (excludes halogenated alkanes) is 1. The van der Waals surface area contributed by atoms with Crippen LogP contribution in [0, 0.1) is 5.92 Å². The van der Waals surface area contributed by atoms with E-state index in [0.29, 0.717) is 5.92 Å². The van der Waals surface area contributed by atoms with Gasteiger partial charge in [-0.05, 0) is 26.2 Å². The highest BCUT2D eigenvalue weighted by Gasteiger charge is 1.96. The molecule has 0 rings (SSSR count). The second-order valence-electron chi connectivity index (χ2n) is 2.86. The molecule has 0 aliphatic carbocycles. The van der Waals surface area contributed by atoms with Crippen LogP contribution in [0.1, 0.15) is 40.0 Å². The Labute approximate surface area is 71.0 Å². The number of hydrogen-bond donors (Lipinski definition) is 0. The molecule has 0 aliphatic rings. The molecule has 0 unspecified atom stereocenters. The summed E-state index contributed by atoms with van der Waals surface area (Å²) in [6, 6.07) is 0. The summed E-state index contributed by atoms with van der Waals surface area (Å²) in [7, 11) is 0. The predicted octanol–water partition coefficient (Wildman–Crippen LogP) is 3.95. The zero-order valence-electron chi connectivity index (χ0n) is 8.01. The summed E-state index contributed by atoms with van der Waals surface area (Å²) in [5.74, 6) is 0.671. The standard InChI is InChI=1S/C11H20/c1-4-7-10-11(8-5-2)9-6-3/h5-6,8-9,11H,4,7,10H2,1-3H3/b8-5+,9-6+. The predicted molar refractivity (Wildman–Crippen MR) is 52.6 cm³/mol. The van der Waals surface area contributed by atoms with Gasteiger partial charge in [0.1, 0.15) is 0 Å². The van der Waals surface area contributed by atoms with E-state index >= 15 is 0 Å². The van der Waals surface area contributed by atoms with Crippen molar-refractivity contribution in [3.8, 4) is 0 Å². The molecule has 0 aromatic heterocycles. The van der Waals surface area contributed by atoms with Crippen molar-refractivity contribution in [1.29, 1.82) is 0 Å². The Bertz CT molecular complexity index is 108. The van der Waals surface area contributed by atoms with Crippen LogP contribution in [0.5, 0.6) is 0 Å². The number of allylic oxidation sites excluding steroid dienone is 4. The van der Waals surface area contributed by atoms with Gasteiger partial charge in [0.05, 0.1) is 0 Å². The van der Waals surface area contributed by atoms with Crippen LogP contribution in [0.25, 0.3) is 0 Å². The molecule has 0 spiro atoms. The summed E-state index contributed by atoms with van der Waals surface area (Å²) >= 11 is 0. The van der Waals surface area contributed by atoms with E-state index in [1.165, 1.54) is 19.3 Å². The summed E-state index contributed by atoms with van der Waals surface area (Å²) < 4.78 is 0. The first kappa shape index (κ1) is 10.5. The maximum Gasteiger partial charge on any atom is -0.00537 e. The van der Waals surface area contributed by atoms with Crippen molar-refractivity contribution in [2.45, 2.75) is 40.0 Å². The molecule has 0 atom stereocenters. The highest BCUT2D eigenvalue weighted by Crippen LogP contribution is 2.11. The van der Waals surface area contributed by atoms with Crippen LogP contribution in [-0.2, 0) is 0 Å². The van der Waals surface area contributed by atoms with Gasteiger partial charge in [0.25, 0.3) is 0 Å². The van der Waals surface area contributed by atoms with E-state index in [0.717, 1.165) is 0 Å². The lowest BCUT2D eigenvalue weighted by molar-refractivity contribution is 0.641. The van der Waals surface area contributed by atoms with Crippen LogP contribution in [0.4, 0.5) is 0 Å². The minimum Gasteiger partial charge on any atom is -0.0911 e. The minimum absolute atomic E-state index is 0.671.